The molecule has 2 rings (SSSR count). The smallest absolute Gasteiger partial charge is 0.0933 e. The SMILES string of the molecule is Cl.N=C1CCCCC(CC2CCCO2)N1. The third kappa shape index (κ3) is 3.99. The van der Waals surface area contributed by atoms with E-state index in [0.29, 0.717) is 12.1 Å². The summed E-state index contributed by atoms with van der Waals surface area (Å²) in [5, 5.41) is 11.0. The summed E-state index contributed by atoms with van der Waals surface area (Å²) in [6, 6.07) is 0.494. The molecule has 2 heterocycles. The van der Waals surface area contributed by atoms with Crippen LogP contribution in [-0.2, 0) is 4.74 Å². The standard InChI is InChI=1S/C11H20N2O.ClH/c12-11-6-2-1-4-9(13-11)8-10-5-3-7-14-10;/h9-10H,1-8H2,(H2,12,13);1H. The molecule has 0 aromatic heterocycles. The Bertz CT molecular complexity index is 205. The van der Waals surface area contributed by atoms with Crippen molar-refractivity contribution in [3.8, 4) is 0 Å². The van der Waals surface area contributed by atoms with Crippen LogP contribution < -0.4 is 5.32 Å². The van der Waals surface area contributed by atoms with Gasteiger partial charge in [0.05, 0.1) is 11.9 Å². The van der Waals surface area contributed by atoms with Gasteiger partial charge in [0.25, 0.3) is 0 Å². The van der Waals surface area contributed by atoms with Crippen LogP contribution in [0.2, 0.25) is 0 Å². The van der Waals surface area contributed by atoms with Crippen LogP contribution in [0.15, 0.2) is 0 Å². The average molecular weight is 233 g/mol. The van der Waals surface area contributed by atoms with Gasteiger partial charge in [-0.2, -0.15) is 0 Å². The van der Waals surface area contributed by atoms with Crippen LogP contribution >= 0.6 is 12.4 Å². The van der Waals surface area contributed by atoms with Gasteiger partial charge in [-0.15, -0.1) is 12.4 Å². The molecule has 4 heteroatoms. The zero-order valence-electron chi connectivity index (χ0n) is 9.13. The van der Waals surface area contributed by atoms with Gasteiger partial charge in [0, 0.05) is 19.1 Å². The molecule has 2 saturated heterocycles. The summed E-state index contributed by atoms with van der Waals surface area (Å²) in [4.78, 5) is 0. The van der Waals surface area contributed by atoms with Gasteiger partial charge < -0.3 is 10.1 Å². The van der Waals surface area contributed by atoms with Crippen LogP contribution in [0.4, 0.5) is 0 Å². The maximum Gasteiger partial charge on any atom is 0.0933 e. The molecule has 3 nitrogen and oxygen atoms in total. The Hall–Kier alpha value is -0.280. The third-order valence-corrected chi connectivity index (χ3v) is 3.18. The first kappa shape index (κ1) is 12.8. The molecule has 0 amide bonds. The number of hydrogen-bond donors (Lipinski definition) is 2. The highest BCUT2D eigenvalue weighted by Gasteiger charge is 2.22. The number of halogens is 1. The van der Waals surface area contributed by atoms with Gasteiger partial charge in [-0.1, -0.05) is 6.42 Å². The number of rotatable bonds is 2. The van der Waals surface area contributed by atoms with Gasteiger partial charge in [-0.25, -0.2) is 0 Å². The van der Waals surface area contributed by atoms with Crippen molar-refractivity contribution in [3.63, 3.8) is 0 Å². The highest BCUT2D eigenvalue weighted by Crippen LogP contribution is 2.20. The minimum absolute atomic E-state index is 0. The van der Waals surface area contributed by atoms with Gasteiger partial charge >= 0.3 is 0 Å². The molecule has 0 aliphatic carbocycles. The van der Waals surface area contributed by atoms with Crippen molar-refractivity contribution in [1.29, 1.82) is 5.41 Å². The van der Waals surface area contributed by atoms with Crippen LogP contribution in [0, 0.1) is 5.41 Å². The van der Waals surface area contributed by atoms with E-state index in [1.165, 1.54) is 32.1 Å². The lowest BCUT2D eigenvalue weighted by Crippen LogP contribution is -2.35. The van der Waals surface area contributed by atoms with Crippen molar-refractivity contribution >= 4 is 18.2 Å². The molecular weight excluding hydrogens is 212 g/mol. The topological polar surface area (TPSA) is 45.1 Å². The second-order valence-corrected chi connectivity index (χ2v) is 4.44. The molecule has 2 aliphatic rings. The zero-order valence-corrected chi connectivity index (χ0v) is 9.94. The number of hydrogen-bond acceptors (Lipinski definition) is 2. The number of amidine groups is 1. The van der Waals surface area contributed by atoms with Crippen molar-refractivity contribution in [2.24, 2.45) is 0 Å². The molecule has 15 heavy (non-hydrogen) atoms. The fourth-order valence-electron chi connectivity index (χ4n) is 2.41. The highest BCUT2D eigenvalue weighted by molar-refractivity contribution is 5.85. The van der Waals surface area contributed by atoms with Crippen LogP contribution in [0.3, 0.4) is 0 Å². The zero-order chi connectivity index (χ0) is 9.80. The fraction of sp³-hybridized carbons (Fsp3) is 0.909. The van der Waals surface area contributed by atoms with E-state index in [4.69, 9.17) is 10.1 Å². The maximum atomic E-state index is 7.68. The summed E-state index contributed by atoms with van der Waals surface area (Å²) >= 11 is 0. The molecule has 0 saturated carbocycles. The summed E-state index contributed by atoms with van der Waals surface area (Å²) in [7, 11) is 0. The first-order valence-electron chi connectivity index (χ1n) is 5.80. The minimum atomic E-state index is 0. The molecule has 0 aromatic carbocycles. The summed E-state index contributed by atoms with van der Waals surface area (Å²) in [5.41, 5.74) is 0. The van der Waals surface area contributed by atoms with Crippen LogP contribution in [0.5, 0.6) is 0 Å². The maximum absolute atomic E-state index is 7.68. The Morgan fingerprint density at radius 2 is 2.13 bits per heavy atom. The fourth-order valence-corrected chi connectivity index (χ4v) is 2.41. The van der Waals surface area contributed by atoms with E-state index in [0.717, 1.165) is 25.3 Å². The summed E-state index contributed by atoms with van der Waals surface area (Å²) in [6.07, 6.45) is 8.56. The van der Waals surface area contributed by atoms with E-state index < -0.39 is 0 Å². The molecule has 0 bridgehead atoms. The molecular formula is C11H21ClN2O. The van der Waals surface area contributed by atoms with Crippen molar-refractivity contribution in [2.45, 2.75) is 57.1 Å². The largest absolute Gasteiger partial charge is 0.378 e. The van der Waals surface area contributed by atoms with E-state index >= 15 is 0 Å². The predicted molar refractivity (Wildman–Crippen MR) is 64.0 cm³/mol. The Balaban J connectivity index is 0.00000112. The van der Waals surface area contributed by atoms with Gasteiger partial charge in [-0.05, 0) is 32.1 Å². The van der Waals surface area contributed by atoms with E-state index in [1.54, 1.807) is 0 Å². The highest BCUT2D eigenvalue weighted by atomic mass is 35.5. The van der Waals surface area contributed by atoms with Gasteiger partial charge in [0.15, 0.2) is 0 Å². The summed E-state index contributed by atoms with van der Waals surface area (Å²) in [5.74, 6) is 0.727. The third-order valence-electron chi connectivity index (χ3n) is 3.18. The van der Waals surface area contributed by atoms with E-state index in [-0.39, 0.29) is 12.4 Å². The average Bonchev–Trinajstić information content (AvgIpc) is 2.56. The van der Waals surface area contributed by atoms with Gasteiger partial charge in [0.2, 0.25) is 0 Å². The van der Waals surface area contributed by atoms with E-state index in [2.05, 4.69) is 5.32 Å². The second-order valence-electron chi connectivity index (χ2n) is 4.44. The van der Waals surface area contributed by atoms with E-state index in [1.807, 2.05) is 0 Å². The van der Waals surface area contributed by atoms with Gasteiger partial charge in [0.1, 0.15) is 0 Å². The lowest BCUT2D eigenvalue weighted by atomic mass is 10.0. The lowest BCUT2D eigenvalue weighted by molar-refractivity contribution is 0.0957. The van der Waals surface area contributed by atoms with Crippen molar-refractivity contribution < 1.29 is 4.74 Å². The van der Waals surface area contributed by atoms with Crippen molar-refractivity contribution in [3.05, 3.63) is 0 Å². The summed E-state index contributed by atoms with van der Waals surface area (Å²) < 4.78 is 5.62. The molecule has 2 unspecified atom stereocenters. The molecule has 88 valence electrons. The number of nitrogens with one attached hydrogen (secondary N) is 2. The van der Waals surface area contributed by atoms with Gasteiger partial charge in [-0.3, -0.25) is 5.41 Å². The van der Waals surface area contributed by atoms with Crippen LogP contribution in [0.1, 0.15) is 44.9 Å². The Morgan fingerprint density at radius 1 is 1.27 bits per heavy atom. The monoisotopic (exact) mass is 232 g/mol. The van der Waals surface area contributed by atoms with E-state index in [9.17, 15) is 0 Å². The predicted octanol–water partition coefficient (Wildman–Crippen LogP) is 2.49. The van der Waals surface area contributed by atoms with Crippen molar-refractivity contribution in [2.75, 3.05) is 6.61 Å². The lowest BCUT2D eigenvalue weighted by Gasteiger charge is -2.20. The Kier molecular flexibility index (Phi) is 5.40. The summed E-state index contributed by atoms with van der Waals surface area (Å²) in [6.45, 7) is 0.939. The minimum Gasteiger partial charge on any atom is -0.378 e. The number of ether oxygens (including phenoxy) is 1. The Labute approximate surface area is 97.9 Å². The molecule has 0 spiro atoms. The second kappa shape index (κ2) is 6.33. The molecule has 0 aromatic rings. The molecule has 2 aliphatic heterocycles. The quantitative estimate of drug-likeness (QED) is 0.769. The molecule has 0 radical (unpaired) electrons. The molecule has 2 atom stereocenters. The Morgan fingerprint density at radius 3 is 2.87 bits per heavy atom. The van der Waals surface area contributed by atoms with Crippen LogP contribution in [-0.4, -0.2) is 24.6 Å². The molecule has 2 fully saturated rings. The first-order valence-corrected chi connectivity index (χ1v) is 5.80. The first-order chi connectivity index (χ1) is 6.84. The van der Waals surface area contributed by atoms with Crippen LogP contribution in [0.25, 0.3) is 0 Å². The normalized spacial score (nSPS) is 31.6. The molecule has 2 N–H and O–H groups in total. The van der Waals surface area contributed by atoms with Crippen molar-refractivity contribution in [1.82, 2.24) is 5.32 Å².